The van der Waals surface area contributed by atoms with Crippen LogP contribution in [0.3, 0.4) is 0 Å². The number of ether oxygens (including phenoxy) is 2. The number of rotatable bonds is 12. The second-order valence-corrected chi connectivity index (χ2v) is 10.7. The molecule has 1 aliphatic heterocycles. The average molecular weight is 560 g/mol. The molecule has 1 N–H and O–H groups in total. The zero-order valence-electron chi connectivity index (χ0n) is 21.3. The number of amides is 1. The van der Waals surface area contributed by atoms with Gasteiger partial charge in [-0.3, -0.25) is 14.5 Å². The summed E-state index contributed by atoms with van der Waals surface area (Å²) in [6, 6.07) is 5.53. The Balaban J connectivity index is 0.00000456. The normalized spacial score (nSPS) is 17.3. The first-order valence-corrected chi connectivity index (χ1v) is 13.2. The quantitative estimate of drug-likeness (QED) is 0.356. The van der Waals surface area contributed by atoms with Gasteiger partial charge in [0.1, 0.15) is 22.6 Å². The minimum atomic E-state index is -0.456. The van der Waals surface area contributed by atoms with Gasteiger partial charge in [0.25, 0.3) is 0 Å². The van der Waals surface area contributed by atoms with Gasteiger partial charge in [-0.1, -0.05) is 37.2 Å². The van der Waals surface area contributed by atoms with Gasteiger partial charge in [0, 0.05) is 41.9 Å². The number of benzene rings is 1. The summed E-state index contributed by atoms with van der Waals surface area (Å²) in [5.41, 5.74) is 1.17. The minimum absolute atomic E-state index is 0. The van der Waals surface area contributed by atoms with Gasteiger partial charge in [-0.2, -0.15) is 0 Å². The maximum absolute atomic E-state index is 12.7. The zero-order chi connectivity index (χ0) is 25.5. The van der Waals surface area contributed by atoms with E-state index in [9.17, 15) is 14.7 Å². The second-order valence-electron chi connectivity index (χ2n) is 9.12. The van der Waals surface area contributed by atoms with Crippen LogP contribution < -0.4 is 9.47 Å². The van der Waals surface area contributed by atoms with Crippen LogP contribution in [0.4, 0.5) is 0 Å². The molecule has 2 aliphatic rings. The number of nitrogens with zero attached hydrogens (tertiary/aromatic N) is 2. The summed E-state index contributed by atoms with van der Waals surface area (Å²) in [5.74, 6) is 1.52. The molecule has 0 fully saturated rings. The molecule has 0 radical (unpaired) electrons. The lowest BCUT2D eigenvalue weighted by molar-refractivity contribution is -0.130. The van der Waals surface area contributed by atoms with E-state index < -0.39 is 5.37 Å². The van der Waals surface area contributed by atoms with Gasteiger partial charge in [0.05, 0.1) is 20.3 Å². The third kappa shape index (κ3) is 7.65. The smallest absolute Gasteiger partial charge is 0.225 e. The number of hydrogen-bond donors (Lipinski definition) is 1. The van der Waals surface area contributed by atoms with Crippen molar-refractivity contribution in [3.8, 4) is 11.5 Å². The van der Waals surface area contributed by atoms with Crippen molar-refractivity contribution < 1.29 is 24.2 Å². The molecule has 7 nitrogen and oxygen atoms in total. The lowest BCUT2D eigenvalue weighted by atomic mass is 10.1. The maximum Gasteiger partial charge on any atom is 0.225 e. The molecule has 10 heteroatoms. The van der Waals surface area contributed by atoms with E-state index in [2.05, 4.69) is 18.7 Å². The summed E-state index contributed by atoms with van der Waals surface area (Å²) in [4.78, 5) is 29.9. The van der Waals surface area contributed by atoms with E-state index in [0.717, 1.165) is 31.5 Å². The van der Waals surface area contributed by atoms with Crippen LogP contribution >= 0.6 is 35.8 Å². The maximum atomic E-state index is 12.7. The monoisotopic (exact) mass is 558 g/mol. The van der Waals surface area contributed by atoms with Crippen LogP contribution in [-0.2, 0) is 9.59 Å². The van der Waals surface area contributed by atoms with E-state index in [1.165, 1.54) is 18.7 Å². The van der Waals surface area contributed by atoms with E-state index in [-0.39, 0.29) is 37.1 Å². The molecule has 1 amide bonds. The van der Waals surface area contributed by atoms with Gasteiger partial charge in [0.15, 0.2) is 5.78 Å². The Labute approximate surface area is 229 Å². The summed E-state index contributed by atoms with van der Waals surface area (Å²) < 4.78 is 11.6. The highest BCUT2D eigenvalue weighted by molar-refractivity contribution is 8.03. The highest BCUT2D eigenvalue weighted by atomic mass is 35.5. The largest absolute Gasteiger partial charge is 0.497 e. The molecule has 0 spiro atoms. The van der Waals surface area contributed by atoms with Gasteiger partial charge in [0.2, 0.25) is 5.91 Å². The van der Waals surface area contributed by atoms with Gasteiger partial charge in [-0.05, 0) is 49.6 Å². The summed E-state index contributed by atoms with van der Waals surface area (Å²) in [6.45, 7) is 8.89. The first-order chi connectivity index (χ1) is 16.7. The van der Waals surface area contributed by atoms with E-state index in [1.54, 1.807) is 18.1 Å². The number of methoxy groups -OCH3 is 1. The van der Waals surface area contributed by atoms with E-state index >= 15 is 0 Å². The molecule has 1 aromatic carbocycles. The van der Waals surface area contributed by atoms with Crippen molar-refractivity contribution in [3.05, 3.63) is 45.5 Å². The van der Waals surface area contributed by atoms with Gasteiger partial charge >= 0.3 is 0 Å². The number of allylic oxidation sites excluding steroid dienone is 3. The van der Waals surface area contributed by atoms with Crippen molar-refractivity contribution in [3.63, 3.8) is 0 Å². The second kappa shape index (κ2) is 14.3. The standard InChI is InChI=1S/C26H35ClN2O5S.ClH/c1-17(2)8-10-28(11-12-30)9-5-13-34-23-7-6-20(33-4)16-21(23)26-29(18(3)31)25-22(32)14-19(27)15-24(25)35-26;/h6-7,15-17,26,30H,5,8-14H2,1-4H3;1H. The summed E-state index contributed by atoms with van der Waals surface area (Å²) in [7, 11) is 1.59. The van der Waals surface area contributed by atoms with E-state index in [0.29, 0.717) is 46.2 Å². The van der Waals surface area contributed by atoms with Crippen molar-refractivity contribution >= 4 is 47.5 Å². The number of aliphatic hydroxyl groups excluding tert-OH is 1. The highest BCUT2D eigenvalue weighted by Crippen LogP contribution is 2.53. The molecule has 0 bridgehead atoms. The Morgan fingerprint density at radius 1 is 1.31 bits per heavy atom. The number of carbonyl (C=O) groups is 2. The Morgan fingerprint density at radius 2 is 2.06 bits per heavy atom. The van der Waals surface area contributed by atoms with Crippen molar-refractivity contribution in [2.24, 2.45) is 5.92 Å². The number of carbonyl (C=O) groups excluding carboxylic acids is 2. The number of ketones is 1. The summed E-state index contributed by atoms with van der Waals surface area (Å²) >= 11 is 7.59. The fourth-order valence-electron chi connectivity index (χ4n) is 4.16. The predicted molar refractivity (Wildman–Crippen MR) is 147 cm³/mol. The van der Waals surface area contributed by atoms with E-state index in [4.69, 9.17) is 21.1 Å². The first-order valence-electron chi connectivity index (χ1n) is 12.0. The van der Waals surface area contributed by atoms with Crippen molar-refractivity contribution in [1.82, 2.24) is 9.80 Å². The van der Waals surface area contributed by atoms with Gasteiger partial charge in [-0.15, -0.1) is 12.4 Å². The van der Waals surface area contributed by atoms with Crippen LogP contribution in [-0.4, -0.2) is 66.6 Å². The molecule has 1 unspecified atom stereocenters. The van der Waals surface area contributed by atoms with Crippen molar-refractivity contribution in [2.45, 2.75) is 45.4 Å². The molecule has 0 saturated heterocycles. The van der Waals surface area contributed by atoms with Crippen molar-refractivity contribution in [1.29, 1.82) is 0 Å². The molecule has 1 aliphatic carbocycles. The number of hydrogen-bond acceptors (Lipinski definition) is 7. The van der Waals surface area contributed by atoms with Gasteiger partial charge < -0.3 is 19.5 Å². The number of Topliss-reactive ketones (excluding diaryl/α,β-unsaturated/α-hetero) is 1. The Kier molecular flexibility index (Phi) is 12.1. The molecule has 200 valence electrons. The van der Waals surface area contributed by atoms with Crippen LogP contribution in [0.2, 0.25) is 0 Å². The van der Waals surface area contributed by atoms with Crippen LogP contribution in [0.1, 0.15) is 51.0 Å². The fourth-order valence-corrected chi connectivity index (χ4v) is 5.90. The molecule has 36 heavy (non-hydrogen) atoms. The molecular weight excluding hydrogens is 523 g/mol. The van der Waals surface area contributed by atoms with Crippen LogP contribution in [0, 0.1) is 5.92 Å². The number of thioether (sulfide) groups is 1. The number of halogens is 2. The predicted octanol–water partition coefficient (Wildman–Crippen LogP) is 5.13. The minimum Gasteiger partial charge on any atom is -0.497 e. The summed E-state index contributed by atoms with van der Waals surface area (Å²) in [6.07, 6.45) is 3.74. The fraction of sp³-hybridized carbons (Fsp3) is 0.538. The Hall–Kier alpha value is -1.71. The molecule has 0 aromatic heterocycles. The molecular formula is C26H36Cl2N2O5S. The SMILES string of the molecule is COc1ccc(OCCCN(CCO)CCC(C)C)c(C2SC3=C(C(=O)CC(Cl)=C3)N2C(C)=O)c1.Cl. The van der Waals surface area contributed by atoms with Crippen molar-refractivity contribution in [2.75, 3.05) is 40.0 Å². The average Bonchev–Trinajstić information content (AvgIpc) is 3.20. The molecule has 1 atom stereocenters. The molecule has 3 rings (SSSR count). The van der Waals surface area contributed by atoms with E-state index in [1.807, 2.05) is 18.2 Å². The van der Waals surface area contributed by atoms with Crippen LogP contribution in [0.25, 0.3) is 0 Å². The van der Waals surface area contributed by atoms with Crippen LogP contribution in [0.15, 0.2) is 39.9 Å². The molecule has 0 saturated carbocycles. The number of aliphatic hydroxyl groups is 1. The lowest BCUT2D eigenvalue weighted by Gasteiger charge is -2.27. The Morgan fingerprint density at radius 3 is 2.69 bits per heavy atom. The topological polar surface area (TPSA) is 79.3 Å². The lowest BCUT2D eigenvalue weighted by Crippen LogP contribution is -2.32. The van der Waals surface area contributed by atoms with Gasteiger partial charge in [-0.25, -0.2) is 0 Å². The first kappa shape index (κ1) is 30.5. The van der Waals surface area contributed by atoms with Crippen LogP contribution in [0.5, 0.6) is 11.5 Å². The zero-order valence-corrected chi connectivity index (χ0v) is 23.7. The third-order valence-electron chi connectivity index (χ3n) is 5.97. The summed E-state index contributed by atoms with van der Waals surface area (Å²) in [5, 5.41) is 9.39. The molecule has 1 aromatic rings. The Bertz CT molecular complexity index is 999. The molecule has 1 heterocycles. The third-order valence-corrected chi connectivity index (χ3v) is 7.46. The highest BCUT2D eigenvalue weighted by Gasteiger charge is 2.41.